The van der Waals surface area contributed by atoms with Crippen molar-refractivity contribution in [2.75, 3.05) is 18.0 Å². The van der Waals surface area contributed by atoms with Crippen molar-refractivity contribution in [3.63, 3.8) is 0 Å². The van der Waals surface area contributed by atoms with Crippen molar-refractivity contribution in [2.24, 2.45) is 5.73 Å². The Labute approximate surface area is 113 Å². The molecule has 2 aromatic carbocycles. The van der Waals surface area contributed by atoms with Crippen molar-refractivity contribution in [1.29, 1.82) is 0 Å². The molecule has 1 saturated heterocycles. The highest BCUT2D eigenvalue weighted by Gasteiger charge is 2.19. The number of hydrogen-bond donors (Lipinski definition) is 2. The van der Waals surface area contributed by atoms with Gasteiger partial charge in [-0.3, -0.25) is 0 Å². The molecule has 1 unspecified atom stereocenters. The fourth-order valence-electron chi connectivity index (χ4n) is 2.97. The molecule has 3 rings (SSSR count). The average molecular weight is 256 g/mol. The lowest BCUT2D eigenvalue weighted by Crippen LogP contribution is -2.38. The summed E-state index contributed by atoms with van der Waals surface area (Å²) in [4.78, 5) is 2.29. The molecule has 3 heteroatoms. The normalized spacial score (nSPS) is 19.9. The molecule has 0 bridgehead atoms. The number of nitrogens with two attached hydrogens (primary N) is 1. The molecule has 1 atom stereocenters. The molecule has 0 amide bonds. The predicted octanol–water partition coefficient (Wildman–Crippen LogP) is 2.26. The first-order chi connectivity index (χ1) is 9.29. The second kappa shape index (κ2) is 5.19. The van der Waals surface area contributed by atoms with Crippen LogP contribution in [0.15, 0.2) is 36.4 Å². The van der Waals surface area contributed by atoms with Crippen molar-refractivity contribution < 1.29 is 5.11 Å². The van der Waals surface area contributed by atoms with E-state index in [4.69, 9.17) is 5.73 Å². The van der Waals surface area contributed by atoms with Gasteiger partial charge in [0.15, 0.2) is 0 Å². The van der Waals surface area contributed by atoms with Crippen LogP contribution in [0.4, 0.5) is 5.69 Å². The Hall–Kier alpha value is -1.58. The van der Waals surface area contributed by atoms with Crippen molar-refractivity contribution >= 4 is 16.5 Å². The molecule has 0 saturated carbocycles. The zero-order chi connectivity index (χ0) is 13.2. The molecule has 1 aliphatic rings. The minimum atomic E-state index is -0.207. The molecule has 2 aromatic rings. The van der Waals surface area contributed by atoms with Gasteiger partial charge in [0.25, 0.3) is 0 Å². The summed E-state index contributed by atoms with van der Waals surface area (Å²) in [6.07, 6.45) is 1.75. The number of nitrogens with zero attached hydrogens (tertiary/aromatic N) is 1. The molecule has 1 heterocycles. The zero-order valence-corrected chi connectivity index (χ0v) is 11.0. The lowest BCUT2D eigenvalue weighted by Gasteiger charge is -2.33. The van der Waals surface area contributed by atoms with Gasteiger partial charge >= 0.3 is 0 Å². The van der Waals surface area contributed by atoms with Crippen LogP contribution in [0.2, 0.25) is 0 Å². The van der Waals surface area contributed by atoms with Gasteiger partial charge in [-0.1, -0.05) is 30.3 Å². The number of benzene rings is 2. The molecule has 0 aliphatic carbocycles. The van der Waals surface area contributed by atoms with Crippen molar-refractivity contribution in [2.45, 2.75) is 25.5 Å². The second-order valence-corrected chi connectivity index (χ2v) is 5.24. The van der Waals surface area contributed by atoms with E-state index in [0.717, 1.165) is 25.9 Å². The number of hydrogen-bond acceptors (Lipinski definition) is 3. The van der Waals surface area contributed by atoms with Gasteiger partial charge in [-0.15, -0.1) is 0 Å². The van der Waals surface area contributed by atoms with Gasteiger partial charge in [0, 0.05) is 30.7 Å². The monoisotopic (exact) mass is 256 g/mol. The Kier molecular flexibility index (Phi) is 3.40. The fourth-order valence-corrected chi connectivity index (χ4v) is 2.97. The van der Waals surface area contributed by atoms with Crippen LogP contribution in [0.5, 0.6) is 0 Å². The third-order valence-electron chi connectivity index (χ3n) is 3.95. The minimum Gasteiger partial charge on any atom is -0.391 e. The van der Waals surface area contributed by atoms with E-state index in [2.05, 4.69) is 41.3 Å². The number of rotatable bonds is 2. The van der Waals surface area contributed by atoms with E-state index in [9.17, 15) is 5.11 Å². The second-order valence-electron chi connectivity index (χ2n) is 5.24. The van der Waals surface area contributed by atoms with Crippen molar-refractivity contribution in [3.05, 3.63) is 42.0 Å². The number of fused-ring (bicyclic) bond motifs is 1. The lowest BCUT2D eigenvalue weighted by atomic mass is 10.0. The summed E-state index contributed by atoms with van der Waals surface area (Å²) in [6, 6.07) is 12.6. The van der Waals surface area contributed by atoms with Crippen LogP contribution in [0.3, 0.4) is 0 Å². The Morgan fingerprint density at radius 1 is 1.16 bits per heavy atom. The van der Waals surface area contributed by atoms with Crippen molar-refractivity contribution in [3.8, 4) is 0 Å². The van der Waals surface area contributed by atoms with Crippen LogP contribution in [0, 0.1) is 0 Å². The van der Waals surface area contributed by atoms with Gasteiger partial charge in [-0.25, -0.2) is 0 Å². The molecule has 3 N–H and O–H groups in total. The van der Waals surface area contributed by atoms with E-state index < -0.39 is 0 Å². The van der Waals surface area contributed by atoms with E-state index in [1.807, 2.05) is 0 Å². The highest BCUT2D eigenvalue weighted by Crippen LogP contribution is 2.31. The number of piperidine rings is 1. The summed E-state index contributed by atoms with van der Waals surface area (Å²) in [5.74, 6) is 0. The van der Waals surface area contributed by atoms with Crippen LogP contribution in [0.1, 0.15) is 18.4 Å². The van der Waals surface area contributed by atoms with Gasteiger partial charge in [-0.2, -0.15) is 0 Å². The summed E-state index contributed by atoms with van der Waals surface area (Å²) in [5.41, 5.74) is 8.20. The first kappa shape index (κ1) is 12.5. The van der Waals surface area contributed by atoms with Crippen LogP contribution in [-0.2, 0) is 6.54 Å². The Morgan fingerprint density at radius 3 is 2.68 bits per heavy atom. The predicted molar refractivity (Wildman–Crippen MR) is 79.3 cm³/mol. The smallest absolute Gasteiger partial charge is 0.0715 e. The number of anilines is 1. The topological polar surface area (TPSA) is 49.5 Å². The Morgan fingerprint density at radius 2 is 1.95 bits per heavy atom. The average Bonchev–Trinajstić information content (AvgIpc) is 2.46. The van der Waals surface area contributed by atoms with Gasteiger partial charge in [0.1, 0.15) is 0 Å². The number of aliphatic hydroxyl groups excluding tert-OH is 1. The third kappa shape index (κ3) is 2.31. The molecule has 0 spiro atoms. The molecule has 0 aromatic heterocycles. The van der Waals surface area contributed by atoms with E-state index in [1.54, 1.807) is 0 Å². The summed E-state index contributed by atoms with van der Waals surface area (Å²) in [7, 11) is 0. The van der Waals surface area contributed by atoms with Gasteiger partial charge in [0.2, 0.25) is 0 Å². The van der Waals surface area contributed by atoms with Gasteiger partial charge in [0.05, 0.1) is 6.10 Å². The first-order valence-corrected chi connectivity index (χ1v) is 6.93. The first-order valence-electron chi connectivity index (χ1n) is 6.93. The molecule has 100 valence electrons. The minimum absolute atomic E-state index is 0.207. The molecule has 3 nitrogen and oxygen atoms in total. The van der Waals surface area contributed by atoms with Crippen molar-refractivity contribution in [1.82, 2.24) is 0 Å². The highest BCUT2D eigenvalue weighted by atomic mass is 16.3. The summed E-state index contributed by atoms with van der Waals surface area (Å²) in [6.45, 7) is 2.30. The van der Waals surface area contributed by atoms with E-state index in [0.29, 0.717) is 6.54 Å². The van der Waals surface area contributed by atoms with Crippen LogP contribution in [0.25, 0.3) is 10.8 Å². The fraction of sp³-hybridized carbons (Fsp3) is 0.375. The van der Waals surface area contributed by atoms with Gasteiger partial charge < -0.3 is 15.7 Å². The van der Waals surface area contributed by atoms with E-state index in [-0.39, 0.29) is 6.10 Å². The van der Waals surface area contributed by atoms with Crippen LogP contribution in [-0.4, -0.2) is 24.3 Å². The maximum atomic E-state index is 9.85. The molecular weight excluding hydrogens is 236 g/mol. The van der Waals surface area contributed by atoms with Crippen LogP contribution < -0.4 is 10.6 Å². The summed E-state index contributed by atoms with van der Waals surface area (Å²) < 4.78 is 0. The zero-order valence-electron chi connectivity index (χ0n) is 11.0. The Balaban J connectivity index is 2.09. The van der Waals surface area contributed by atoms with Gasteiger partial charge in [-0.05, 0) is 29.9 Å². The molecule has 1 aliphatic heterocycles. The summed E-state index contributed by atoms with van der Waals surface area (Å²) >= 11 is 0. The largest absolute Gasteiger partial charge is 0.391 e. The maximum Gasteiger partial charge on any atom is 0.0715 e. The number of aliphatic hydroxyl groups is 1. The quantitative estimate of drug-likeness (QED) is 0.866. The summed E-state index contributed by atoms with van der Waals surface area (Å²) in [5, 5.41) is 12.3. The maximum absolute atomic E-state index is 9.85. The number of β-amino-alcohol motifs (C(OH)–C–C–N with tert-alkyl or cyclic N) is 1. The SMILES string of the molecule is NCc1ccc(N2CCCC(O)C2)c2ccccc12. The molecule has 0 radical (unpaired) electrons. The lowest BCUT2D eigenvalue weighted by molar-refractivity contribution is 0.154. The standard InChI is InChI=1S/C16H20N2O/c17-10-12-7-8-16(15-6-2-1-5-14(12)15)18-9-3-4-13(19)11-18/h1-2,5-8,13,19H,3-4,9-11,17H2. The third-order valence-corrected chi connectivity index (χ3v) is 3.95. The highest BCUT2D eigenvalue weighted by molar-refractivity contribution is 5.96. The van der Waals surface area contributed by atoms with Crippen LogP contribution >= 0.6 is 0 Å². The Bertz CT molecular complexity index is 582. The van der Waals surface area contributed by atoms with E-state index >= 15 is 0 Å². The molecule has 19 heavy (non-hydrogen) atoms. The van der Waals surface area contributed by atoms with E-state index in [1.165, 1.54) is 22.0 Å². The molecular formula is C16H20N2O. The molecule has 1 fully saturated rings.